The predicted molar refractivity (Wildman–Crippen MR) is 169 cm³/mol. The number of anilines is 1. The molecule has 45 heavy (non-hydrogen) atoms. The van der Waals surface area contributed by atoms with Crippen LogP contribution in [0.15, 0.2) is 77.8 Å². The highest BCUT2D eigenvalue weighted by Crippen LogP contribution is 2.31. The quantitative estimate of drug-likeness (QED) is 0.286. The summed E-state index contributed by atoms with van der Waals surface area (Å²) >= 11 is 0. The lowest BCUT2D eigenvalue weighted by atomic mass is 9.99. The lowest BCUT2D eigenvalue weighted by molar-refractivity contribution is -0.115. The summed E-state index contributed by atoms with van der Waals surface area (Å²) in [7, 11) is -0.620. The van der Waals surface area contributed by atoms with Crippen molar-refractivity contribution in [1.82, 2.24) is 13.8 Å². The molecule has 1 aliphatic rings. The van der Waals surface area contributed by atoms with E-state index < -0.39 is 28.0 Å². The molecule has 12 heteroatoms. The number of ether oxygens (including phenoxy) is 1. The molecular formula is C33H37FN4O6S. The standard InChI is InChI=1S/C33H37FN4O6S/c1-21-17-38(22(2)20-39)33(41)28-16-25(35-32(40)15-23-18-36(3)29-8-6-5-7-27(23)29)11-14-30(28)44-31(21)19-37(4)45(42,43)26-12-9-24(34)10-13-26/h5-14,16,18,21-22,31,39H,15,17,19-20H2,1-4H3,(H,35,40)/t21-,22+,31-/m1/s1. The van der Waals surface area contributed by atoms with Crippen molar-refractivity contribution in [2.75, 3.05) is 32.1 Å². The van der Waals surface area contributed by atoms with Gasteiger partial charge in [-0.3, -0.25) is 9.59 Å². The number of likely N-dealkylation sites (N-methyl/N-ethyl adjacent to an activating group) is 1. The van der Waals surface area contributed by atoms with Gasteiger partial charge < -0.3 is 24.6 Å². The first kappa shape index (κ1) is 32.1. The number of fused-ring (bicyclic) bond motifs is 2. The van der Waals surface area contributed by atoms with Crippen LogP contribution in [0.25, 0.3) is 10.9 Å². The fraction of sp³-hybridized carbons (Fsp3) is 0.333. The number of benzene rings is 3. The van der Waals surface area contributed by atoms with Gasteiger partial charge in [-0.15, -0.1) is 0 Å². The fourth-order valence-electron chi connectivity index (χ4n) is 5.60. The molecule has 0 radical (unpaired) electrons. The van der Waals surface area contributed by atoms with Gasteiger partial charge in [-0.25, -0.2) is 12.8 Å². The molecule has 0 fully saturated rings. The second-order valence-electron chi connectivity index (χ2n) is 11.6. The van der Waals surface area contributed by atoms with Crippen LogP contribution in [0, 0.1) is 11.7 Å². The first-order valence-electron chi connectivity index (χ1n) is 14.7. The zero-order valence-electron chi connectivity index (χ0n) is 25.6. The Morgan fingerprint density at radius 2 is 1.87 bits per heavy atom. The zero-order valence-corrected chi connectivity index (χ0v) is 26.4. The minimum atomic E-state index is -3.96. The molecule has 0 saturated heterocycles. The van der Waals surface area contributed by atoms with Gasteiger partial charge in [-0.05, 0) is 61.0 Å². The van der Waals surface area contributed by atoms with E-state index in [1.807, 2.05) is 49.0 Å². The maximum absolute atomic E-state index is 13.8. The predicted octanol–water partition coefficient (Wildman–Crippen LogP) is 4.04. The van der Waals surface area contributed by atoms with Crippen LogP contribution in [0.4, 0.5) is 10.1 Å². The molecule has 238 valence electrons. The summed E-state index contributed by atoms with van der Waals surface area (Å²) in [6.45, 7) is 3.43. The Kier molecular flexibility index (Phi) is 9.28. The number of carbonyl (C=O) groups excluding carboxylic acids is 2. The van der Waals surface area contributed by atoms with Crippen LogP contribution in [-0.4, -0.2) is 78.0 Å². The van der Waals surface area contributed by atoms with E-state index in [1.165, 1.54) is 24.1 Å². The van der Waals surface area contributed by atoms with Crippen molar-refractivity contribution in [2.45, 2.75) is 37.3 Å². The number of nitrogens with zero attached hydrogens (tertiary/aromatic N) is 3. The van der Waals surface area contributed by atoms with Crippen molar-refractivity contribution < 1.29 is 32.2 Å². The summed E-state index contributed by atoms with van der Waals surface area (Å²) < 4.78 is 49.4. The molecule has 0 saturated carbocycles. The van der Waals surface area contributed by atoms with Gasteiger partial charge in [-0.2, -0.15) is 4.31 Å². The second-order valence-corrected chi connectivity index (χ2v) is 13.6. The maximum atomic E-state index is 13.8. The van der Waals surface area contributed by atoms with Gasteiger partial charge in [0.1, 0.15) is 17.7 Å². The van der Waals surface area contributed by atoms with E-state index >= 15 is 0 Å². The summed E-state index contributed by atoms with van der Waals surface area (Å²) in [5, 5.41) is 13.8. The lowest BCUT2D eigenvalue weighted by Gasteiger charge is -2.38. The average molecular weight is 637 g/mol. The van der Waals surface area contributed by atoms with E-state index in [-0.39, 0.29) is 60.1 Å². The zero-order chi connectivity index (χ0) is 32.5. The van der Waals surface area contributed by atoms with Crippen LogP contribution < -0.4 is 10.1 Å². The highest BCUT2D eigenvalue weighted by atomic mass is 32.2. The van der Waals surface area contributed by atoms with E-state index in [1.54, 1.807) is 25.1 Å². The van der Waals surface area contributed by atoms with Crippen molar-refractivity contribution in [3.63, 3.8) is 0 Å². The van der Waals surface area contributed by atoms with Gasteiger partial charge in [0.15, 0.2) is 0 Å². The van der Waals surface area contributed by atoms with Gasteiger partial charge in [0.05, 0.1) is 36.1 Å². The van der Waals surface area contributed by atoms with Crippen molar-refractivity contribution in [2.24, 2.45) is 13.0 Å². The number of rotatable bonds is 9. The van der Waals surface area contributed by atoms with Crippen molar-refractivity contribution in [3.05, 3.63) is 89.9 Å². The Balaban J connectivity index is 1.41. The number of aliphatic hydroxyl groups is 1. The SMILES string of the molecule is C[C@@H]1CN([C@@H](C)CO)C(=O)c2cc(NC(=O)Cc3cn(C)c4ccccc34)ccc2O[C@@H]1CN(C)S(=O)(=O)c1ccc(F)cc1. The first-order valence-corrected chi connectivity index (χ1v) is 16.1. The number of amides is 2. The molecule has 5 rings (SSSR count). The molecule has 1 aliphatic heterocycles. The van der Waals surface area contributed by atoms with Gasteiger partial charge in [0.2, 0.25) is 15.9 Å². The van der Waals surface area contributed by atoms with E-state index in [0.717, 1.165) is 32.9 Å². The highest BCUT2D eigenvalue weighted by molar-refractivity contribution is 7.89. The molecular weight excluding hydrogens is 599 g/mol. The Morgan fingerprint density at radius 1 is 1.16 bits per heavy atom. The molecule has 10 nitrogen and oxygen atoms in total. The number of para-hydroxylation sites is 1. The average Bonchev–Trinajstić information content (AvgIpc) is 3.33. The van der Waals surface area contributed by atoms with E-state index in [9.17, 15) is 27.5 Å². The number of aliphatic hydroxyl groups excluding tert-OH is 1. The summed E-state index contributed by atoms with van der Waals surface area (Å²) in [5.74, 6) is -1.29. The smallest absolute Gasteiger partial charge is 0.258 e. The number of halogens is 1. The monoisotopic (exact) mass is 636 g/mol. The molecule has 1 aromatic heterocycles. The minimum absolute atomic E-state index is 0.0557. The van der Waals surface area contributed by atoms with Crippen molar-refractivity contribution >= 4 is 38.4 Å². The highest BCUT2D eigenvalue weighted by Gasteiger charge is 2.35. The molecule has 2 amide bonds. The number of nitrogens with one attached hydrogen (secondary N) is 1. The second kappa shape index (κ2) is 13.0. The first-order chi connectivity index (χ1) is 21.4. The molecule has 0 bridgehead atoms. The van der Waals surface area contributed by atoms with Gasteiger partial charge in [-0.1, -0.05) is 25.1 Å². The number of hydrogen-bond acceptors (Lipinski definition) is 6. The largest absolute Gasteiger partial charge is 0.488 e. The summed E-state index contributed by atoms with van der Waals surface area (Å²) in [5.41, 5.74) is 2.46. The Bertz CT molecular complexity index is 1820. The van der Waals surface area contributed by atoms with Crippen LogP contribution in [0.5, 0.6) is 5.75 Å². The third-order valence-electron chi connectivity index (χ3n) is 8.24. The number of hydrogen-bond donors (Lipinski definition) is 2. The number of aryl methyl sites for hydroxylation is 1. The molecule has 3 aromatic carbocycles. The topological polar surface area (TPSA) is 121 Å². The fourth-order valence-corrected chi connectivity index (χ4v) is 6.78. The number of aromatic nitrogens is 1. The van der Waals surface area contributed by atoms with Crippen LogP contribution >= 0.6 is 0 Å². The molecule has 2 N–H and O–H groups in total. The molecule has 4 aromatic rings. The third-order valence-corrected chi connectivity index (χ3v) is 10.1. The van der Waals surface area contributed by atoms with Crippen LogP contribution in [0.3, 0.4) is 0 Å². The van der Waals surface area contributed by atoms with E-state index in [2.05, 4.69) is 5.32 Å². The molecule has 2 heterocycles. The molecule has 3 atom stereocenters. The summed E-state index contributed by atoms with van der Waals surface area (Å²) in [6, 6.07) is 16.6. The lowest BCUT2D eigenvalue weighted by Crippen LogP contribution is -2.50. The molecule has 0 unspecified atom stereocenters. The van der Waals surface area contributed by atoms with Crippen molar-refractivity contribution in [3.8, 4) is 5.75 Å². The minimum Gasteiger partial charge on any atom is -0.488 e. The van der Waals surface area contributed by atoms with E-state index in [0.29, 0.717) is 5.69 Å². The number of carbonyl (C=O) groups is 2. The summed E-state index contributed by atoms with van der Waals surface area (Å²) in [4.78, 5) is 28.4. The Labute approximate surface area is 262 Å². The van der Waals surface area contributed by atoms with Crippen LogP contribution in [0.2, 0.25) is 0 Å². The molecule has 0 spiro atoms. The third kappa shape index (κ3) is 6.73. The van der Waals surface area contributed by atoms with Crippen molar-refractivity contribution in [1.29, 1.82) is 0 Å². The normalized spacial score (nSPS) is 17.8. The Hall–Kier alpha value is -4.26. The molecule has 0 aliphatic carbocycles. The summed E-state index contributed by atoms with van der Waals surface area (Å²) in [6.07, 6.45) is 1.37. The van der Waals surface area contributed by atoms with Crippen LogP contribution in [-0.2, 0) is 28.3 Å². The van der Waals surface area contributed by atoms with Gasteiger partial charge in [0, 0.05) is 49.3 Å². The Morgan fingerprint density at radius 3 is 2.58 bits per heavy atom. The van der Waals surface area contributed by atoms with Crippen LogP contribution in [0.1, 0.15) is 29.8 Å². The van der Waals surface area contributed by atoms with Gasteiger partial charge in [0.25, 0.3) is 5.91 Å². The number of sulfonamides is 1. The van der Waals surface area contributed by atoms with Gasteiger partial charge >= 0.3 is 0 Å². The maximum Gasteiger partial charge on any atom is 0.258 e. The van der Waals surface area contributed by atoms with E-state index in [4.69, 9.17) is 4.74 Å².